The molecule has 0 unspecified atom stereocenters. The number of benzene rings is 2. The molecular weight excluding hydrogens is 314 g/mol. The fourth-order valence-corrected chi connectivity index (χ4v) is 1.90. The lowest BCUT2D eigenvalue weighted by Crippen LogP contribution is -2.11. The van der Waals surface area contributed by atoms with E-state index in [4.69, 9.17) is 9.84 Å². The molecule has 0 saturated heterocycles. The minimum absolute atomic E-state index is 0.0362. The largest absolute Gasteiger partial charge is 0.481 e. The van der Waals surface area contributed by atoms with Crippen molar-refractivity contribution in [2.24, 2.45) is 0 Å². The molecule has 2 rings (SSSR count). The van der Waals surface area contributed by atoms with Gasteiger partial charge in [-0.05, 0) is 35.9 Å². The van der Waals surface area contributed by atoms with E-state index in [1.165, 1.54) is 48.6 Å². The summed E-state index contributed by atoms with van der Waals surface area (Å²) in [5, 5.41) is 19.2. The number of nitrogens with zero attached hydrogens (tertiary/aromatic N) is 1. The second-order valence-electron chi connectivity index (χ2n) is 4.72. The lowest BCUT2D eigenvalue weighted by atomic mass is 10.1. The fraction of sp³-hybridized carbons (Fsp3) is 0.0588. The zero-order valence-electron chi connectivity index (χ0n) is 12.4. The number of para-hydroxylation sites is 1. The van der Waals surface area contributed by atoms with Crippen molar-refractivity contribution in [3.63, 3.8) is 0 Å². The minimum Gasteiger partial charge on any atom is -0.481 e. The van der Waals surface area contributed by atoms with Gasteiger partial charge in [-0.2, -0.15) is 0 Å². The van der Waals surface area contributed by atoms with Gasteiger partial charge in [0.2, 0.25) is 0 Å². The Balaban J connectivity index is 2.14. The molecule has 0 bridgehead atoms. The maximum Gasteiger partial charge on any atom is 0.341 e. The van der Waals surface area contributed by atoms with E-state index in [2.05, 4.69) is 0 Å². The number of allylic oxidation sites excluding steroid dienone is 1. The standard InChI is InChI=1S/C17H13NO6/c19-15(10-7-12-5-8-13(9-6-12)18(22)23)14-3-1-2-4-16(14)24-11-17(20)21/h1-10H,11H2,(H,20,21). The number of carbonyl (C=O) groups excluding carboxylic acids is 1. The predicted molar refractivity (Wildman–Crippen MR) is 86.0 cm³/mol. The maximum atomic E-state index is 12.2. The van der Waals surface area contributed by atoms with E-state index in [1.54, 1.807) is 12.1 Å². The monoisotopic (exact) mass is 327 g/mol. The summed E-state index contributed by atoms with van der Waals surface area (Å²) in [5.41, 5.74) is 0.820. The first-order chi connectivity index (χ1) is 11.5. The van der Waals surface area contributed by atoms with E-state index in [0.29, 0.717) is 5.56 Å². The summed E-state index contributed by atoms with van der Waals surface area (Å²) in [6.07, 6.45) is 2.81. The molecule has 0 aliphatic rings. The summed E-state index contributed by atoms with van der Waals surface area (Å²) in [5.74, 6) is -1.33. The van der Waals surface area contributed by atoms with Gasteiger partial charge in [0, 0.05) is 12.1 Å². The molecule has 0 saturated carbocycles. The molecule has 7 heteroatoms. The molecule has 0 aromatic heterocycles. The molecule has 0 atom stereocenters. The molecule has 0 fully saturated rings. The van der Waals surface area contributed by atoms with Crippen LogP contribution in [0.5, 0.6) is 5.75 Å². The summed E-state index contributed by atoms with van der Waals surface area (Å²) in [4.78, 5) is 32.9. The second kappa shape index (κ2) is 7.68. The van der Waals surface area contributed by atoms with Crippen LogP contribution in [0.15, 0.2) is 54.6 Å². The number of hydrogen-bond donors (Lipinski definition) is 1. The number of hydrogen-bond acceptors (Lipinski definition) is 5. The average molecular weight is 327 g/mol. The van der Waals surface area contributed by atoms with Gasteiger partial charge in [-0.3, -0.25) is 14.9 Å². The Kier molecular flexibility index (Phi) is 5.40. The Morgan fingerprint density at radius 1 is 1.12 bits per heavy atom. The molecule has 1 N–H and O–H groups in total. The third kappa shape index (κ3) is 4.51. The quantitative estimate of drug-likeness (QED) is 0.362. The first-order valence-electron chi connectivity index (χ1n) is 6.88. The second-order valence-corrected chi connectivity index (χ2v) is 4.72. The third-order valence-corrected chi connectivity index (χ3v) is 3.03. The van der Waals surface area contributed by atoms with Crippen molar-refractivity contribution in [1.82, 2.24) is 0 Å². The van der Waals surface area contributed by atoms with Gasteiger partial charge in [0.15, 0.2) is 12.4 Å². The molecule has 24 heavy (non-hydrogen) atoms. The van der Waals surface area contributed by atoms with Crippen LogP contribution in [0.25, 0.3) is 6.08 Å². The first kappa shape index (κ1) is 16.9. The van der Waals surface area contributed by atoms with Crippen molar-refractivity contribution in [3.8, 4) is 5.75 Å². The van der Waals surface area contributed by atoms with E-state index >= 15 is 0 Å². The zero-order valence-corrected chi connectivity index (χ0v) is 12.4. The van der Waals surface area contributed by atoms with Crippen LogP contribution in [-0.4, -0.2) is 28.4 Å². The highest BCUT2D eigenvalue weighted by molar-refractivity contribution is 6.08. The fourth-order valence-electron chi connectivity index (χ4n) is 1.90. The molecule has 0 aliphatic carbocycles. The van der Waals surface area contributed by atoms with Gasteiger partial charge in [-0.25, -0.2) is 4.79 Å². The van der Waals surface area contributed by atoms with Crippen molar-refractivity contribution < 1.29 is 24.4 Å². The predicted octanol–water partition coefficient (Wildman–Crippen LogP) is 2.95. The van der Waals surface area contributed by atoms with Crippen LogP contribution in [0, 0.1) is 10.1 Å². The Morgan fingerprint density at radius 3 is 2.42 bits per heavy atom. The number of carbonyl (C=O) groups is 2. The Bertz CT molecular complexity index is 795. The van der Waals surface area contributed by atoms with E-state index in [0.717, 1.165) is 0 Å². The van der Waals surface area contributed by atoms with Crippen LogP contribution in [0.4, 0.5) is 5.69 Å². The number of nitro benzene ring substituents is 1. The van der Waals surface area contributed by atoms with Gasteiger partial charge in [-0.1, -0.05) is 18.2 Å². The lowest BCUT2D eigenvalue weighted by Gasteiger charge is -2.07. The van der Waals surface area contributed by atoms with Crippen LogP contribution < -0.4 is 4.74 Å². The Hall–Kier alpha value is -3.48. The molecule has 2 aromatic carbocycles. The SMILES string of the molecule is O=C(O)COc1ccccc1C(=O)C=Cc1ccc([N+](=O)[O-])cc1. The number of ketones is 1. The van der Waals surface area contributed by atoms with E-state index in [9.17, 15) is 19.7 Å². The number of carboxylic acids is 1. The highest BCUT2D eigenvalue weighted by Gasteiger charge is 2.11. The number of nitro groups is 1. The average Bonchev–Trinajstić information content (AvgIpc) is 2.58. The van der Waals surface area contributed by atoms with Crippen LogP contribution in [0.1, 0.15) is 15.9 Å². The molecule has 122 valence electrons. The maximum absolute atomic E-state index is 12.2. The minimum atomic E-state index is -1.14. The van der Waals surface area contributed by atoms with E-state index in [1.807, 2.05) is 0 Å². The third-order valence-electron chi connectivity index (χ3n) is 3.03. The molecule has 0 radical (unpaired) electrons. The van der Waals surface area contributed by atoms with Crippen molar-refractivity contribution >= 4 is 23.5 Å². The molecular formula is C17H13NO6. The van der Waals surface area contributed by atoms with Gasteiger partial charge in [0.1, 0.15) is 5.75 Å². The van der Waals surface area contributed by atoms with Crippen LogP contribution >= 0.6 is 0 Å². The zero-order chi connectivity index (χ0) is 17.5. The van der Waals surface area contributed by atoms with Gasteiger partial charge in [-0.15, -0.1) is 0 Å². The van der Waals surface area contributed by atoms with Gasteiger partial charge >= 0.3 is 5.97 Å². The van der Waals surface area contributed by atoms with Crippen molar-refractivity contribution in [3.05, 3.63) is 75.8 Å². The lowest BCUT2D eigenvalue weighted by molar-refractivity contribution is -0.384. The van der Waals surface area contributed by atoms with Crippen LogP contribution in [0.3, 0.4) is 0 Å². The van der Waals surface area contributed by atoms with Crippen molar-refractivity contribution in [2.75, 3.05) is 6.61 Å². The number of ether oxygens (including phenoxy) is 1. The molecule has 0 heterocycles. The van der Waals surface area contributed by atoms with Gasteiger partial charge < -0.3 is 9.84 Å². The first-order valence-corrected chi connectivity index (χ1v) is 6.88. The molecule has 7 nitrogen and oxygen atoms in total. The number of carboxylic acid groups (broad SMARTS) is 1. The summed E-state index contributed by atoms with van der Waals surface area (Å²) in [7, 11) is 0. The number of non-ortho nitro benzene ring substituents is 1. The summed E-state index contributed by atoms with van der Waals surface area (Å²) in [6, 6.07) is 12.0. The Labute approximate surface area is 137 Å². The molecule has 2 aromatic rings. The Morgan fingerprint density at radius 2 is 1.79 bits per heavy atom. The molecule has 0 aliphatic heterocycles. The number of rotatable bonds is 7. The van der Waals surface area contributed by atoms with Crippen molar-refractivity contribution in [2.45, 2.75) is 0 Å². The summed E-state index contributed by atoms with van der Waals surface area (Å²) >= 11 is 0. The summed E-state index contributed by atoms with van der Waals surface area (Å²) < 4.78 is 5.08. The molecule has 0 spiro atoms. The number of aliphatic carboxylic acids is 1. The van der Waals surface area contributed by atoms with Crippen LogP contribution in [0.2, 0.25) is 0 Å². The highest BCUT2D eigenvalue weighted by Crippen LogP contribution is 2.20. The normalized spacial score (nSPS) is 10.5. The van der Waals surface area contributed by atoms with Crippen molar-refractivity contribution in [1.29, 1.82) is 0 Å². The smallest absolute Gasteiger partial charge is 0.341 e. The van der Waals surface area contributed by atoms with Gasteiger partial charge in [0.25, 0.3) is 5.69 Å². The molecule has 0 amide bonds. The highest BCUT2D eigenvalue weighted by atomic mass is 16.6. The topological polar surface area (TPSA) is 107 Å². The van der Waals surface area contributed by atoms with Crippen LogP contribution in [-0.2, 0) is 4.79 Å². The summed E-state index contributed by atoms with van der Waals surface area (Å²) in [6.45, 7) is -0.545. The van der Waals surface area contributed by atoms with E-state index < -0.39 is 17.5 Å². The van der Waals surface area contributed by atoms with E-state index in [-0.39, 0.29) is 22.8 Å². The van der Waals surface area contributed by atoms with Gasteiger partial charge in [0.05, 0.1) is 10.5 Å².